The molecule has 7 heteroatoms. The maximum atomic E-state index is 13.1. The Kier molecular flexibility index (Phi) is 6.28. The second-order valence-corrected chi connectivity index (χ2v) is 11.0. The highest BCUT2D eigenvalue weighted by molar-refractivity contribution is 7.16. The van der Waals surface area contributed by atoms with Gasteiger partial charge in [-0.15, -0.1) is 11.3 Å². The number of fused-ring (bicyclic) bond motifs is 3. The van der Waals surface area contributed by atoms with Crippen molar-refractivity contribution in [2.45, 2.75) is 52.6 Å². The maximum absolute atomic E-state index is 13.1. The number of ether oxygens (including phenoxy) is 1. The van der Waals surface area contributed by atoms with Gasteiger partial charge in [0.2, 0.25) is 0 Å². The Bertz CT molecular complexity index is 1270. The summed E-state index contributed by atoms with van der Waals surface area (Å²) in [5.41, 5.74) is 3.13. The number of hydrogen-bond acceptors (Lipinski definition) is 6. The van der Waals surface area contributed by atoms with E-state index in [1.54, 1.807) is 47.9 Å². The Morgan fingerprint density at radius 2 is 2.11 bits per heavy atom. The van der Waals surface area contributed by atoms with Gasteiger partial charge >= 0.3 is 5.97 Å². The number of esters is 1. The highest BCUT2D eigenvalue weighted by Crippen LogP contribution is 2.47. The molecule has 0 spiro atoms. The van der Waals surface area contributed by atoms with Crippen molar-refractivity contribution < 1.29 is 18.7 Å². The zero-order valence-electron chi connectivity index (χ0n) is 20.2. The van der Waals surface area contributed by atoms with Gasteiger partial charge in [-0.25, -0.2) is 4.79 Å². The molecule has 2 aliphatic rings. The number of thiophene rings is 1. The van der Waals surface area contributed by atoms with E-state index in [-0.39, 0.29) is 5.91 Å². The molecule has 2 N–H and O–H groups in total. The van der Waals surface area contributed by atoms with E-state index in [2.05, 4.69) is 31.4 Å². The number of carbonyl (C=O) groups is 2. The van der Waals surface area contributed by atoms with Crippen LogP contribution in [-0.4, -0.2) is 11.9 Å². The predicted molar refractivity (Wildman–Crippen MR) is 138 cm³/mol. The van der Waals surface area contributed by atoms with Crippen molar-refractivity contribution in [2.75, 3.05) is 5.32 Å². The molecule has 2 aromatic heterocycles. The number of carbonyl (C=O) groups excluding carboxylic acids is 2. The monoisotopic (exact) mass is 490 g/mol. The first-order chi connectivity index (χ1) is 16.8. The molecule has 182 valence electrons. The summed E-state index contributed by atoms with van der Waals surface area (Å²) in [6.45, 7) is 6.96. The largest absolute Gasteiger partial charge is 0.465 e. The fraction of sp³-hybridized carbons (Fsp3) is 0.357. The summed E-state index contributed by atoms with van der Waals surface area (Å²) < 4.78 is 10.6. The van der Waals surface area contributed by atoms with Crippen LogP contribution in [0.2, 0.25) is 0 Å². The molecule has 2 atom stereocenters. The summed E-state index contributed by atoms with van der Waals surface area (Å²) in [5.74, 6) is 1.07. The number of nitrogens with one attached hydrogen (secondary N) is 2. The van der Waals surface area contributed by atoms with Crippen molar-refractivity contribution in [3.8, 4) is 5.75 Å². The van der Waals surface area contributed by atoms with Crippen molar-refractivity contribution in [2.24, 2.45) is 11.3 Å². The molecule has 1 aliphatic carbocycles. The van der Waals surface area contributed by atoms with Crippen molar-refractivity contribution >= 4 is 34.3 Å². The highest BCUT2D eigenvalue weighted by atomic mass is 32.1. The van der Waals surface area contributed by atoms with E-state index in [0.29, 0.717) is 22.8 Å². The quantitative estimate of drug-likeness (QED) is 0.239. The van der Waals surface area contributed by atoms with E-state index < -0.39 is 12.1 Å². The molecular weight excluding hydrogens is 460 g/mol. The second kappa shape index (κ2) is 9.38. The third kappa shape index (κ3) is 4.78. The molecule has 3 aromatic rings. The number of anilines is 1. The van der Waals surface area contributed by atoms with Crippen LogP contribution >= 0.6 is 11.3 Å². The lowest BCUT2D eigenvalue weighted by Gasteiger charge is -2.36. The topological polar surface area (TPSA) is 80.6 Å². The van der Waals surface area contributed by atoms with Crippen LogP contribution in [0.4, 0.5) is 5.00 Å². The molecular formula is C28H30N2O4S. The van der Waals surface area contributed by atoms with Gasteiger partial charge in [0.25, 0.3) is 5.91 Å². The third-order valence-electron chi connectivity index (χ3n) is 7.40. The Labute approximate surface area is 209 Å². The summed E-state index contributed by atoms with van der Waals surface area (Å²) in [6, 6.07) is 10.7. The first-order valence-corrected chi connectivity index (χ1v) is 12.9. The minimum absolute atomic E-state index is 0.0433. The van der Waals surface area contributed by atoms with Gasteiger partial charge in [0, 0.05) is 11.0 Å². The van der Waals surface area contributed by atoms with E-state index in [4.69, 9.17) is 9.15 Å². The van der Waals surface area contributed by atoms with Gasteiger partial charge in [-0.2, -0.15) is 0 Å². The van der Waals surface area contributed by atoms with Crippen LogP contribution in [-0.2, 0) is 17.6 Å². The summed E-state index contributed by atoms with van der Waals surface area (Å²) in [6.07, 6.45) is 8.28. The first kappa shape index (κ1) is 23.4. The molecule has 35 heavy (non-hydrogen) atoms. The van der Waals surface area contributed by atoms with Gasteiger partial charge in [-0.3, -0.25) is 4.79 Å². The Morgan fingerprint density at radius 1 is 1.26 bits per heavy atom. The van der Waals surface area contributed by atoms with Crippen LogP contribution in [0.5, 0.6) is 5.75 Å². The van der Waals surface area contributed by atoms with E-state index in [0.717, 1.165) is 41.8 Å². The molecule has 0 saturated heterocycles. The first-order valence-electron chi connectivity index (χ1n) is 12.1. The second-order valence-electron chi connectivity index (χ2n) is 9.88. The molecule has 6 nitrogen and oxygen atoms in total. The van der Waals surface area contributed by atoms with Gasteiger partial charge in [0.1, 0.15) is 22.7 Å². The van der Waals surface area contributed by atoms with Crippen molar-refractivity contribution in [3.63, 3.8) is 0 Å². The van der Waals surface area contributed by atoms with Gasteiger partial charge in [0.05, 0.1) is 11.8 Å². The average molecular weight is 491 g/mol. The number of benzene rings is 1. The minimum atomic E-state index is -0.503. The SMILES string of the molecule is CCC(C)(C)C1CCc2c(sc3c2C(=O)NC(c2cccc(OC(=O)/C=C/c4ccco4)c2)N3)C1. The van der Waals surface area contributed by atoms with Gasteiger partial charge in [-0.05, 0) is 72.1 Å². The summed E-state index contributed by atoms with van der Waals surface area (Å²) in [4.78, 5) is 26.7. The smallest absolute Gasteiger partial charge is 0.336 e. The number of rotatable bonds is 6. The molecule has 1 aliphatic heterocycles. The lowest BCUT2D eigenvalue weighted by Crippen LogP contribution is -2.38. The molecule has 0 radical (unpaired) electrons. The van der Waals surface area contributed by atoms with E-state index in [1.165, 1.54) is 16.5 Å². The minimum Gasteiger partial charge on any atom is -0.465 e. The van der Waals surface area contributed by atoms with Crippen LogP contribution in [0.25, 0.3) is 6.08 Å². The molecule has 1 aromatic carbocycles. The summed E-state index contributed by atoms with van der Waals surface area (Å²) in [5, 5.41) is 7.54. The zero-order chi connectivity index (χ0) is 24.6. The lowest BCUT2D eigenvalue weighted by molar-refractivity contribution is -0.128. The van der Waals surface area contributed by atoms with Crippen molar-refractivity contribution in [1.29, 1.82) is 0 Å². The average Bonchev–Trinajstić information content (AvgIpc) is 3.50. The summed E-state index contributed by atoms with van der Waals surface area (Å²) in [7, 11) is 0. The normalized spacial score (nSPS) is 19.6. The Hall–Kier alpha value is -3.32. The standard InChI is InChI=1S/C28H30N2O4S/c1-4-28(2,3)18-10-12-21-22(16-18)35-27-24(21)26(32)29-25(30-27)17-7-5-8-20(15-17)34-23(31)13-11-19-9-6-14-33-19/h5-9,11,13-15,18,25,30H,4,10,12,16H2,1-3H3,(H,29,32)/b13-11+. The Morgan fingerprint density at radius 3 is 2.89 bits per heavy atom. The predicted octanol–water partition coefficient (Wildman–Crippen LogP) is 6.36. The van der Waals surface area contributed by atoms with E-state index in [1.807, 2.05) is 12.1 Å². The van der Waals surface area contributed by atoms with Crippen LogP contribution in [0, 0.1) is 11.3 Å². The van der Waals surface area contributed by atoms with Gasteiger partial charge < -0.3 is 19.8 Å². The fourth-order valence-corrected chi connectivity index (χ4v) is 6.22. The fourth-order valence-electron chi connectivity index (χ4n) is 4.86. The molecule has 0 fully saturated rings. The molecule has 0 bridgehead atoms. The van der Waals surface area contributed by atoms with Crippen LogP contribution in [0.15, 0.2) is 53.2 Å². The molecule has 0 saturated carbocycles. The van der Waals surface area contributed by atoms with Crippen molar-refractivity contribution in [1.82, 2.24) is 5.32 Å². The third-order valence-corrected chi connectivity index (χ3v) is 8.58. The van der Waals surface area contributed by atoms with Crippen molar-refractivity contribution in [3.05, 3.63) is 76.1 Å². The van der Waals surface area contributed by atoms with Gasteiger partial charge in [0.15, 0.2) is 0 Å². The lowest BCUT2D eigenvalue weighted by atomic mass is 9.69. The van der Waals surface area contributed by atoms with E-state index >= 15 is 0 Å². The summed E-state index contributed by atoms with van der Waals surface area (Å²) >= 11 is 1.72. The number of hydrogen-bond donors (Lipinski definition) is 2. The number of furan rings is 1. The number of amides is 1. The zero-order valence-corrected chi connectivity index (χ0v) is 21.0. The van der Waals surface area contributed by atoms with Gasteiger partial charge in [-0.1, -0.05) is 39.3 Å². The Balaban J connectivity index is 1.31. The molecule has 3 heterocycles. The molecule has 1 amide bonds. The van der Waals surface area contributed by atoms with Crippen LogP contribution in [0.3, 0.4) is 0 Å². The maximum Gasteiger partial charge on any atom is 0.336 e. The molecule has 5 rings (SSSR count). The molecule has 2 unspecified atom stereocenters. The van der Waals surface area contributed by atoms with Crippen LogP contribution in [0.1, 0.15) is 71.9 Å². The highest BCUT2D eigenvalue weighted by Gasteiger charge is 2.37. The van der Waals surface area contributed by atoms with E-state index in [9.17, 15) is 9.59 Å². The van der Waals surface area contributed by atoms with Crippen LogP contribution < -0.4 is 15.4 Å².